The van der Waals surface area contributed by atoms with Gasteiger partial charge >= 0.3 is 0 Å². The second kappa shape index (κ2) is 8.81. The van der Waals surface area contributed by atoms with E-state index in [-0.39, 0.29) is 30.1 Å². The van der Waals surface area contributed by atoms with Gasteiger partial charge in [-0.25, -0.2) is 13.8 Å². The number of aliphatic imine (C=N–C) groups is 1. The fourth-order valence-corrected chi connectivity index (χ4v) is 5.21. The second-order valence-electron chi connectivity index (χ2n) is 9.05. The zero-order valence-corrected chi connectivity index (χ0v) is 20.2. The van der Waals surface area contributed by atoms with Crippen molar-refractivity contribution < 1.29 is 28.2 Å². The first kappa shape index (κ1) is 23.6. The van der Waals surface area contributed by atoms with E-state index in [1.165, 1.54) is 29.5 Å². The molecule has 3 aromatic rings. The lowest BCUT2D eigenvalue weighted by molar-refractivity contribution is 0.0692. The molecule has 1 aromatic carbocycles. The van der Waals surface area contributed by atoms with Crippen LogP contribution in [-0.2, 0) is 11.3 Å². The number of imidazole rings is 1. The quantitative estimate of drug-likeness (QED) is 0.569. The van der Waals surface area contributed by atoms with E-state index < -0.39 is 29.2 Å². The summed E-state index contributed by atoms with van der Waals surface area (Å²) in [5, 5.41) is 13.8. The van der Waals surface area contributed by atoms with Crippen LogP contribution in [0.25, 0.3) is 5.00 Å². The van der Waals surface area contributed by atoms with E-state index >= 15 is 0 Å². The summed E-state index contributed by atoms with van der Waals surface area (Å²) < 4.78 is 43.1. The summed E-state index contributed by atoms with van der Waals surface area (Å²) in [6, 6.07) is 3.07. The number of carbonyl (C=O) groups excluding carboxylic acids is 1. The molecule has 2 aliphatic heterocycles. The Labute approximate surface area is 204 Å². The molecule has 184 valence electrons. The normalized spacial score (nSPS) is 17.3. The minimum Gasteiger partial charge on any atom is -0.481 e. The molecule has 0 unspecified atom stereocenters. The zero-order chi connectivity index (χ0) is 24.9. The molecule has 4 heterocycles. The van der Waals surface area contributed by atoms with Gasteiger partial charge in [-0.05, 0) is 32.9 Å². The molecule has 0 radical (unpaired) electrons. The fraction of sp³-hybridized carbons (Fsp3) is 0.375. The molecule has 0 aliphatic carbocycles. The van der Waals surface area contributed by atoms with Gasteiger partial charge in [0.05, 0.1) is 30.1 Å². The second-order valence-corrected chi connectivity index (χ2v) is 10.0. The Bertz CT molecular complexity index is 1320. The number of benzene rings is 1. The minimum absolute atomic E-state index is 0.0438. The van der Waals surface area contributed by atoms with Gasteiger partial charge in [-0.3, -0.25) is 14.4 Å². The van der Waals surface area contributed by atoms with Gasteiger partial charge in [0, 0.05) is 23.9 Å². The number of hydrogen-bond donors (Lipinski definition) is 2. The fourth-order valence-electron chi connectivity index (χ4n) is 4.04. The average molecular weight is 503 g/mol. The molecule has 2 N–H and O–H groups in total. The molecular formula is C24H24F2N4O4S. The van der Waals surface area contributed by atoms with Crippen LogP contribution in [0.1, 0.15) is 59.8 Å². The summed E-state index contributed by atoms with van der Waals surface area (Å²) in [5.74, 6) is -1.49. The molecule has 0 saturated carbocycles. The number of hydrogen-bond acceptors (Lipinski definition) is 7. The molecule has 5 rings (SSSR count). The van der Waals surface area contributed by atoms with Crippen LogP contribution in [0.4, 0.5) is 8.78 Å². The standard InChI is InChI=1S/C24H24F2N4O4S/c1-12-20-29-16(21(31)27-11-24(2,3)32)9-30(20)22-17(13-10-33-7-8-34-23(13)35-22)19(28-12)18-14(25)5-4-6-15(18)26/h4-6,9,12,32H,7-8,10-11H2,1-3H3,(H,27,31)/t12-/m0/s1. The van der Waals surface area contributed by atoms with Crippen LogP contribution in [0.15, 0.2) is 29.4 Å². The molecule has 8 nitrogen and oxygen atoms in total. The number of fused-ring (bicyclic) bond motifs is 5. The molecule has 0 fully saturated rings. The molecule has 2 aromatic heterocycles. The predicted molar refractivity (Wildman–Crippen MR) is 126 cm³/mol. The number of halogens is 2. The van der Waals surface area contributed by atoms with E-state index in [2.05, 4.69) is 10.3 Å². The Kier molecular flexibility index (Phi) is 5.94. The molecular weight excluding hydrogens is 478 g/mol. The van der Waals surface area contributed by atoms with Crippen LogP contribution in [0.5, 0.6) is 5.06 Å². The van der Waals surface area contributed by atoms with Crippen molar-refractivity contribution in [3.8, 4) is 10.1 Å². The highest BCUT2D eigenvalue weighted by Gasteiger charge is 2.34. The molecule has 0 saturated heterocycles. The molecule has 35 heavy (non-hydrogen) atoms. The smallest absolute Gasteiger partial charge is 0.271 e. The molecule has 1 atom stereocenters. The largest absolute Gasteiger partial charge is 0.481 e. The highest BCUT2D eigenvalue weighted by molar-refractivity contribution is 7.17. The number of aromatic nitrogens is 2. The van der Waals surface area contributed by atoms with Gasteiger partial charge in [-0.15, -0.1) is 0 Å². The number of ether oxygens (including phenoxy) is 2. The summed E-state index contributed by atoms with van der Waals surface area (Å²) in [5.41, 5.74) is 0.0951. The van der Waals surface area contributed by atoms with Crippen LogP contribution in [-0.4, -0.2) is 51.6 Å². The van der Waals surface area contributed by atoms with Crippen LogP contribution < -0.4 is 10.1 Å². The molecule has 1 amide bonds. The third-order valence-corrected chi connectivity index (χ3v) is 6.80. The van der Waals surface area contributed by atoms with E-state index in [0.717, 1.165) is 0 Å². The van der Waals surface area contributed by atoms with Gasteiger partial charge in [0.1, 0.15) is 40.8 Å². The summed E-state index contributed by atoms with van der Waals surface area (Å²) in [7, 11) is 0. The van der Waals surface area contributed by atoms with Crippen molar-refractivity contribution in [2.24, 2.45) is 4.99 Å². The monoisotopic (exact) mass is 502 g/mol. The highest BCUT2D eigenvalue weighted by Crippen LogP contribution is 2.44. The van der Waals surface area contributed by atoms with Crippen molar-refractivity contribution in [3.05, 3.63) is 64.2 Å². The number of aliphatic hydroxyl groups is 1. The van der Waals surface area contributed by atoms with Crippen molar-refractivity contribution in [1.29, 1.82) is 0 Å². The van der Waals surface area contributed by atoms with Gasteiger partial charge in [0.2, 0.25) is 0 Å². The minimum atomic E-state index is -1.08. The number of nitrogens with one attached hydrogen (secondary N) is 1. The molecule has 11 heteroatoms. The number of rotatable bonds is 4. The summed E-state index contributed by atoms with van der Waals surface area (Å²) >= 11 is 1.29. The third-order valence-electron chi connectivity index (χ3n) is 5.66. The number of amides is 1. The highest BCUT2D eigenvalue weighted by atomic mass is 32.1. The summed E-state index contributed by atoms with van der Waals surface area (Å²) in [6.07, 6.45) is 1.57. The zero-order valence-electron chi connectivity index (χ0n) is 19.4. The maximum absolute atomic E-state index is 14.9. The Morgan fingerprint density at radius 1 is 1.29 bits per heavy atom. The SMILES string of the molecule is C[C@@H]1N=C(c2c(F)cccc2F)c2c(sc3c2COCCO3)-n2cc(C(=O)NCC(C)(C)O)nc21. The Hall–Kier alpha value is -3.15. The summed E-state index contributed by atoms with van der Waals surface area (Å²) in [4.78, 5) is 21.9. The average Bonchev–Trinajstić information content (AvgIpc) is 3.28. The molecule has 2 aliphatic rings. The van der Waals surface area contributed by atoms with Crippen LogP contribution in [0, 0.1) is 11.6 Å². The van der Waals surface area contributed by atoms with Crippen LogP contribution in [0.3, 0.4) is 0 Å². The third kappa shape index (κ3) is 4.35. The lowest BCUT2D eigenvalue weighted by atomic mass is 9.99. The van der Waals surface area contributed by atoms with E-state index in [1.54, 1.807) is 31.5 Å². The van der Waals surface area contributed by atoms with Crippen LogP contribution in [0.2, 0.25) is 0 Å². The topological polar surface area (TPSA) is 98.0 Å². The van der Waals surface area contributed by atoms with Gasteiger partial charge in [0.25, 0.3) is 5.91 Å². The van der Waals surface area contributed by atoms with E-state index in [9.17, 15) is 18.7 Å². The first-order valence-electron chi connectivity index (χ1n) is 11.1. The van der Waals surface area contributed by atoms with Gasteiger partial charge in [0.15, 0.2) is 5.06 Å². The number of nitrogens with zero attached hydrogens (tertiary/aromatic N) is 3. The first-order valence-corrected chi connectivity index (χ1v) is 11.9. The Balaban J connectivity index is 1.69. The van der Waals surface area contributed by atoms with Crippen LogP contribution >= 0.6 is 11.3 Å². The van der Waals surface area contributed by atoms with E-state index in [1.807, 2.05) is 0 Å². The Morgan fingerprint density at radius 2 is 2.03 bits per heavy atom. The molecule has 0 spiro atoms. The van der Waals surface area contributed by atoms with Crippen molar-refractivity contribution in [1.82, 2.24) is 14.9 Å². The van der Waals surface area contributed by atoms with Gasteiger partial charge in [-0.2, -0.15) is 0 Å². The lowest BCUT2D eigenvalue weighted by Gasteiger charge is -2.16. The summed E-state index contributed by atoms with van der Waals surface area (Å²) in [6.45, 7) is 5.87. The lowest BCUT2D eigenvalue weighted by Crippen LogP contribution is -2.38. The maximum Gasteiger partial charge on any atom is 0.271 e. The van der Waals surface area contributed by atoms with Crippen molar-refractivity contribution in [2.75, 3.05) is 19.8 Å². The van der Waals surface area contributed by atoms with Gasteiger partial charge in [-0.1, -0.05) is 17.4 Å². The van der Waals surface area contributed by atoms with E-state index in [4.69, 9.17) is 14.5 Å². The first-order chi connectivity index (χ1) is 16.6. The van der Waals surface area contributed by atoms with Crippen molar-refractivity contribution in [2.45, 2.75) is 39.0 Å². The van der Waals surface area contributed by atoms with Crippen molar-refractivity contribution >= 4 is 23.0 Å². The Morgan fingerprint density at radius 3 is 2.74 bits per heavy atom. The number of carbonyl (C=O) groups is 1. The van der Waals surface area contributed by atoms with Crippen molar-refractivity contribution in [3.63, 3.8) is 0 Å². The molecule has 0 bridgehead atoms. The number of thiophene rings is 1. The maximum atomic E-state index is 14.9. The van der Waals surface area contributed by atoms with Gasteiger partial charge < -0.3 is 19.9 Å². The van der Waals surface area contributed by atoms with E-state index in [0.29, 0.717) is 40.2 Å². The predicted octanol–water partition coefficient (Wildman–Crippen LogP) is 3.53.